The summed E-state index contributed by atoms with van der Waals surface area (Å²) >= 11 is 0. The van der Waals surface area contributed by atoms with Crippen LogP contribution in [0.3, 0.4) is 0 Å². The predicted octanol–water partition coefficient (Wildman–Crippen LogP) is 19.1. The van der Waals surface area contributed by atoms with E-state index in [-0.39, 0.29) is 0 Å². The van der Waals surface area contributed by atoms with Crippen molar-refractivity contribution in [2.45, 2.75) is 10.8 Å². The highest BCUT2D eigenvalue weighted by Crippen LogP contribution is 2.64. The highest BCUT2D eigenvalue weighted by Gasteiger charge is 2.52. The Kier molecular flexibility index (Phi) is 9.47. The van der Waals surface area contributed by atoms with Crippen LogP contribution in [0.1, 0.15) is 44.5 Å². The van der Waals surface area contributed by atoms with Gasteiger partial charge in [0, 0.05) is 39.3 Å². The summed E-state index contributed by atoms with van der Waals surface area (Å²) in [5.74, 6) is 3.58. The second kappa shape index (κ2) is 16.8. The Bertz CT molecular complexity index is 4010. The molecule has 3 nitrogen and oxygen atoms in total. The average molecular weight is 982 g/mol. The maximum atomic E-state index is 6.64. The van der Waals surface area contributed by atoms with E-state index in [1.54, 1.807) is 0 Å². The van der Waals surface area contributed by atoms with Crippen LogP contribution in [0.15, 0.2) is 285 Å². The molecule has 0 fully saturated rings. The van der Waals surface area contributed by atoms with Crippen LogP contribution in [0.2, 0.25) is 0 Å². The molecular formula is C74H47NO2. The Morgan fingerprint density at radius 1 is 0.208 bits per heavy atom. The number of rotatable bonds is 6. The second-order valence-electron chi connectivity index (χ2n) is 20.6. The monoisotopic (exact) mass is 981 g/mol. The summed E-state index contributed by atoms with van der Waals surface area (Å²) in [5, 5.41) is 0. The molecule has 3 heteroatoms. The van der Waals surface area contributed by atoms with Crippen molar-refractivity contribution in [2.75, 3.05) is 4.90 Å². The number of anilines is 3. The number of benzene rings is 12. The Morgan fingerprint density at radius 3 is 0.974 bits per heavy atom. The second-order valence-corrected chi connectivity index (χ2v) is 20.6. The van der Waals surface area contributed by atoms with Crippen molar-refractivity contribution in [3.8, 4) is 78.6 Å². The molecule has 0 aromatic heterocycles. The van der Waals surface area contributed by atoms with Crippen LogP contribution in [0, 0.1) is 0 Å². The van der Waals surface area contributed by atoms with Crippen LogP contribution >= 0.6 is 0 Å². The first-order chi connectivity index (χ1) is 38.2. The zero-order valence-corrected chi connectivity index (χ0v) is 41.9. The van der Waals surface area contributed by atoms with Gasteiger partial charge in [-0.15, -0.1) is 0 Å². The smallest absolute Gasteiger partial charge is 0.132 e. The highest BCUT2D eigenvalue weighted by atomic mass is 16.5. The lowest BCUT2D eigenvalue weighted by molar-refractivity contribution is 0.436. The molecule has 0 bridgehead atoms. The van der Waals surface area contributed by atoms with Crippen molar-refractivity contribution in [3.63, 3.8) is 0 Å². The standard InChI is InChI=1S/C74H47NO2/c1-2-17-48(18-3-1)51-19-16-20-56(45-51)75(54-39-33-49(34-40-54)52-37-43-59-57-21-4-6-23-61(57)73(67(59)46-52)63-25-8-12-29-69(63)76-70-30-13-9-26-64(70)73)55-41-35-50(36-42-55)53-38-44-60-58-22-5-7-24-62(58)74(68(60)47-53)65-27-10-14-31-71(65)77-72-32-15-11-28-66(72)74/h1-47H. The topological polar surface area (TPSA) is 21.7 Å². The molecule has 2 heterocycles. The summed E-state index contributed by atoms with van der Waals surface area (Å²) < 4.78 is 13.3. The maximum Gasteiger partial charge on any atom is 0.132 e. The van der Waals surface area contributed by atoms with Crippen LogP contribution in [-0.2, 0) is 10.8 Å². The Morgan fingerprint density at radius 2 is 0.532 bits per heavy atom. The van der Waals surface area contributed by atoms with Crippen molar-refractivity contribution in [1.29, 1.82) is 0 Å². The van der Waals surface area contributed by atoms with Gasteiger partial charge in [-0.05, 0) is 151 Å². The highest BCUT2D eigenvalue weighted by molar-refractivity contribution is 5.93. The van der Waals surface area contributed by atoms with Gasteiger partial charge in [-0.1, -0.05) is 212 Å². The minimum absolute atomic E-state index is 0.534. The quantitative estimate of drug-likeness (QED) is 0.166. The molecular weight excluding hydrogens is 935 g/mol. The zero-order chi connectivity index (χ0) is 50.7. The Labute approximate surface area is 448 Å². The summed E-state index contributed by atoms with van der Waals surface area (Å²) in [6.45, 7) is 0. The summed E-state index contributed by atoms with van der Waals surface area (Å²) in [5.41, 5.74) is 23.9. The summed E-state index contributed by atoms with van der Waals surface area (Å²) in [7, 11) is 0. The number of fused-ring (bicyclic) bond motifs is 18. The van der Waals surface area contributed by atoms with E-state index in [9.17, 15) is 0 Å². The van der Waals surface area contributed by atoms with Gasteiger partial charge in [0.1, 0.15) is 23.0 Å². The number of ether oxygens (including phenoxy) is 2. The van der Waals surface area contributed by atoms with Gasteiger partial charge in [0.15, 0.2) is 0 Å². The predicted molar refractivity (Wildman–Crippen MR) is 312 cm³/mol. The van der Waals surface area contributed by atoms with Gasteiger partial charge in [0.05, 0.1) is 10.8 Å². The van der Waals surface area contributed by atoms with Gasteiger partial charge < -0.3 is 14.4 Å². The van der Waals surface area contributed by atoms with Gasteiger partial charge >= 0.3 is 0 Å². The molecule has 12 aromatic carbocycles. The molecule has 0 radical (unpaired) electrons. The maximum absolute atomic E-state index is 6.64. The molecule has 360 valence electrons. The Hall–Kier alpha value is -9.96. The van der Waals surface area contributed by atoms with E-state index < -0.39 is 10.8 Å². The first kappa shape index (κ1) is 43.4. The van der Waals surface area contributed by atoms with Crippen LogP contribution in [0.5, 0.6) is 23.0 Å². The minimum Gasteiger partial charge on any atom is -0.457 e. The molecule has 0 unspecified atom stereocenters. The molecule has 0 N–H and O–H groups in total. The van der Waals surface area contributed by atoms with E-state index in [0.29, 0.717) is 0 Å². The lowest BCUT2D eigenvalue weighted by Crippen LogP contribution is -2.32. The van der Waals surface area contributed by atoms with Crippen LogP contribution in [0.4, 0.5) is 17.1 Å². The van der Waals surface area contributed by atoms with Gasteiger partial charge in [0.25, 0.3) is 0 Å². The van der Waals surface area contributed by atoms with Gasteiger partial charge in [-0.3, -0.25) is 0 Å². The molecule has 2 aliphatic carbocycles. The average Bonchev–Trinajstić information content (AvgIpc) is 4.15. The van der Waals surface area contributed by atoms with Gasteiger partial charge in [0.2, 0.25) is 0 Å². The first-order valence-corrected chi connectivity index (χ1v) is 26.6. The normalized spacial score (nSPS) is 13.9. The van der Waals surface area contributed by atoms with E-state index in [0.717, 1.165) is 67.9 Å². The molecule has 0 saturated carbocycles. The van der Waals surface area contributed by atoms with E-state index in [1.165, 1.54) is 72.3 Å². The van der Waals surface area contributed by atoms with E-state index in [1.807, 2.05) is 0 Å². The number of para-hydroxylation sites is 4. The molecule has 4 aliphatic rings. The molecule has 12 aromatic rings. The third-order valence-corrected chi connectivity index (χ3v) is 16.8. The summed E-state index contributed by atoms with van der Waals surface area (Å²) in [6.07, 6.45) is 0. The van der Waals surface area contributed by atoms with Crippen molar-refractivity contribution in [2.24, 2.45) is 0 Å². The lowest BCUT2D eigenvalue weighted by atomic mass is 9.66. The molecule has 0 amide bonds. The van der Waals surface area contributed by atoms with Crippen molar-refractivity contribution in [1.82, 2.24) is 0 Å². The fraction of sp³-hybridized carbons (Fsp3) is 0.0270. The summed E-state index contributed by atoms with van der Waals surface area (Å²) in [6, 6.07) is 104. The van der Waals surface area contributed by atoms with Crippen LogP contribution in [0.25, 0.3) is 55.6 Å². The number of nitrogens with zero attached hydrogens (tertiary/aromatic N) is 1. The largest absolute Gasteiger partial charge is 0.457 e. The fourth-order valence-corrected chi connectivity index (χ4v) is 13.6. The third kappa shape index (κ3) is 6.26. The van der Waals surface area contributed by atoms with Gasteiger partial charge in [-0.2, -0.15) is 0 Å². The van der Waals surface area contributed by atoms with Crippen LogP contribution in [-0.4, -0.2) is 0 Å². The SMILES string of the molecule is c1ccc(-c2cccc(N(c3ccc(-c4ccc5c(c4)C4(c6ccccc6Oc6ccccc64)c4ccccc4-5)cc3)c3ccc(-c4ccc5c(c4)C4(c6ccccc6Oc6ccccc64)c4ccccc4-5)cc3)c2)cc1. The molecule has 0 saturated heterocycles. The van der Waals surface area contributed by atoms with Crippen molar-refractivity contribution < 1.29 is 9.47 Å². The zero-order valence-electron chi connectivity index (χ0n) is 41.9. The minimum atomic E-state index is -0.534. The molecule has 2 aliphatic heterocycles. The van der Waals surface area contributed by atoms with Gasteiger partial charge in [-0.25, -0.2) is 0 Å². The Balaban J connectivity index is 0.806. The fourth-order valence-electron chi connectivity index (χ4n) is 13.6. The first-order valence-electron chi connectivity index (χ1n) is 26.6. The lowest BCUT2D eigenvalue weighted by Gasteiger charge is -2.39. The summed E-state index contributed by atoms with van der Waals surface area (Å²) in [4.78, 5) is 2.38. The molecule has 16 rings (SSSR count). The molecule has 77 heavy (non-hydrogen) atoms. The van der Waals surface area contributed by atoms with E-state index in [4.69, 9.17) is 9.47 Å². The molecule has 2 spiro atoms. The van der Waals surface area contributed by atoms with E-state index in [2.05, 4.69) is 290 Å². The van der Waals surface area contributed by atoms with Crippen molar-refractivity contribution >= 4 is 17.1 Å². The van der Waals surface area contributed by atoms with Crippen molar-refractivity contribution in [3.05, 3.63) is 330 Å². The number of hydrogen-bond donors (Lipinski definition) is 0. The van der Waals surface area contributed by atoms with E-state index >= 15 is 0 Å². The molecule has 0 atom stereocenters. The number of hydrogen-bond acceptors (Lipinski definition) is 3. The van der Waals surface area contributed by atoms with Crippen LogP contribution < -0.4 is 14.4 Å². The third-order valence-electron chi connectivity index (χ3n) is 16.8.